The average Bonchev–Trinajstić information content (AvgIpc) is 3.44. The summed E-state index contributed by atoms with van der Waals surface area (Å²) < 4.78 is 16.8. The Bertz CT molecular complexity index is 1260. The van der Waals surface area contributed by atoms with Crippen molar-refractivity contribution in [3.8, 4) is 0 Å². The average molecular weight is 1100 g/mol. The molecule has 1 atom stereocenters. The van der Waals surface area contributed by atoms with Gasteiger partial charge >= 0.3 is 17.9 Å². The molecular formula is C72H136O6. The van der Waals surface area contributed by atoms with Crippen LogP contribution in [0.1, 0.15) is 400 Å². The van der Waals surface area contributed by atoms with Gasteiger partial charge in [-0.3, -0.25) is 14.4 Å². The molecular weight excluding hydrogens is 961 g/mol. The molecule has 0 aromatic heterocycles. The van der Waals surface area contributed by atoms with Gasteiger partial charge in [-0.25, -0.2) is 0 Å². The summed E-state index contributed by atoms with van der Waals surface area (Å²) in [5.74, 6) is -0.858. The molecule has 0 saturated heterocycles. The van der Waals surface area contributed by atoms with E-state index in [1.807, 2.05) is 0 Å². The van der Waals surface area contributed by atoms with Crippen molar-refractivity contribution in [2.45, 2.75) is 406 Å². The van der Waals surface area contributed by atoms with Gasteiger partial charge in [0.15, 0.2) is 6.10 Å². The molecule has 0 radical (unpaired) electrons. The van der Waals surface area contributed by atoms with Crippen molar-refractivity contribution in [1.29, 1.82) is 0 Å². The van der Waals surface area contributed by atoms with Crippen molar-refractivity contribution >= 4 is 17.9 Å². The molecule has 0 fully saturated rings. The van der Waals surface area contributed by atoms with E-state index in [-0.39, 0.29) is 31.1 Å². The van der Waals surface area contributed by atoms with Gasteiger partial charge in [0, 0.05) is 19.3 Å². The predicted octanol–water partition coefficient (Wildman–Crippen LogP) is 24.2. The third-order valence-electron chi connectivity index (χ3n) is 16.2. The highest BCUT2D eigenvalue weighted by atomic mass is 16.6. The molecule has 0 aliphatic carbocycles. The highest BCUT2D eigenvalue weighted by Crippen LogP contribution is 2.19. The Morgan fingerprint density at radius 1 is 0.256 bits per heavy atom. The fourth-order valence-corrected chi connectivity index (χ4v) is 10.9. The van der Waals surface area contributed by atoms with Gasteiger partial charge in [-0.2, -0.15) is 0 Å². The van der Waals surface area contributed by atoms with Gasteiger partial charge in [0.2, 0.25) is 0 Å². The van der Waals surface area contributed by atoms with E-state index in [2.05, 4.69) is 45.1 Å². The minimum Gasteiger partial charge on any atom is -0.462 e. The number of unbranched alkanes of at least 4 members (excludes halogenated alkanes) is 51. The van der Waals surface area contributed by atoms with Crippen LogP contribution in [0.4, 0.5) is 0 Å². The molecule has 1 unspecified atom stereocenters. The van der Waals surface area contributed by atoms with Crippen LogP contribution < -0.4 is 0 Å². The Morgan fingerprint density at radius 2 is 0.462 bits per heavy atom. The summed E-state index contributed by atoms with van der Waals surface area (Å²) in [5, 5.41) is 0. The van der Waals surface area contributed by atoms with E-state index in [9.17, 15) is 14.4 Å². The standard InChI is InChI=1S/C72H136O6/c1-4-7-10-13-16-18-20-22-24-26-28-29-30-31-32-33-34-35-36-37-38-39-40-41-42-43-45-46-48-50-52-54-56-59-62-65-71(74)77-68-69(67-76-70(73)64-61-58-15-12-9-6-3)78-72(75)66-63-60-57-55-53-51-49-47-44-27-25-23-21-19-17-14-11-8-5-2/h17,19,23,25,69H,4-16,18,20-22,24,26-68H2,1-3H3/b19-17-,25-23-. The second-order valence-electron chi connectivity index (χ2n) is 24.2. The smallest absolute Gasteiger partial charge is 0.306 e. The second-order valence-corrected chi connectivity index (χ2v) is 24.2. The van der Waals surface area contributed by atoms with E-state index in [0.717, 1.165) is 64.2 Å². The van der Waals surface area contributed by atoms with Gasteiger partial charge in [-0.15, -0.1) is 0 Å². The van der Waals surface area contributed by atoms with Gasteiger partial charge in [-0.05, 0) is 51.4 Å². The molecule has 0 bridgehead atoms. The highest BCUT2D eigenvalue weighted by Gasteiger charge is 2.19. The summed E-state index contributed by atoms with van der Waals surface area (Å²) >= 11 is 0. The van der Waals surface area contributed by atoms with Crippen molar-refractivity contribution in [2.24, 2.45) is 0 Å². The normalized spacial score (nSPS) is 12.1. The maximum Gasteiger partial charge on any atom is 0.306 e. The monoisotopic (exact) mass is 1100 g/mol. The van der Waals surface area contributed by atoms with Gasteiger partial charge in [0.25, 0.3) is 0 Å². The van der Waals surface area contributed by atoms with E-state index >= 15 is 0 Å². The lowest BCUT2D eigenvalue weighted by atomic mass is 10.0. The number of allylic oxidation sites excluding steroid dienone is 4. The summed E-state index contributed by atoms with van der Waals surface area (Å²) in [5.41, 5.74) is 0. The van der Waals surface area contributed by atoms with Crippen LogP contribution in [-0.2, 0) is 28.6 Å². The molecule has 78 heavy (non-hydrogen) atoms. The van der Waals surface area contributed by atoms with Crippen LogP contribution in [0.2, 0.25) is 0 Å². The molecule has 0 aliphatic rings. The minimum atomic E-state index is -0.768. The zero-order valence-electron chi connectivity index (χ0n) is 53.0. The van der Waals surface area contributed by atoms with Gasteiger partial charge < -0.3 is 14.2 Å². The zero-order valence-corrected chi connectivity index (χ0v) is 53.0. The number of carbonyl (C=O) groups excluding carboxylic acids is 3. The fourth-order valence-electron chi connectivity index (χ4n) is 10.9. The Labute approximate surface area is 487 Å². The van der Waals surface area contributed by atoms with Gasteiger partial charge in [-0.1, -0.05) is 353 Å². The van der Waals surface area contributed by atoms with Crippen LogP contribution in [-0.4, -0.2) is 37.2 Å². The lowest BCUT2D eigenvalue weighted by Gasteiger charge is -2.18. The van der Waals surface area contributed by atoms with Crippen molar-refractivity contribution in [3.05, 3.63) is 24.3 Å². The quantitative estimate of drug-likeness (QED) is 0.0261. The number of rotatable bonds is 66. The van der Waals surface area contributed by atoms with E-state index < -0.39 is 6.10 Å². The Kier molecular flexibility index (Phi) is 65.6. The maximum absolute atomic E-state index is 12.8. The molecule has 0 spiro atoms. The topological polar surface area (TPSA) is 78.9 Å². The SMILES string of the molecule is CCCCC/C=C\C/C=C\CCCCCCCCCCCC(=O)OC(COC(=O)CCCCCCCC)COC(=O)CCCCCCCCCCCCCCCCCCCCCCCCCCCCCCCCCCCCC. The molecule has 0 amide bonds. The summed E-state index contributed by atoms with van der Waals surface area (Å²) in [4.78, 5) is 38.0. The predicted molar refractivity (Wildman–Crippen MR) is 340 cm³/mol. The van der Waals surface area contributed by atoms with E-state index in [1.165, 1.54) is 295 Å². The molecule has 0 saturated carbocycles. The Morgan fingerprint density at radius 3 is 0.731 bits per heavy atom. The largest absolute Gasteiger partial charge is 0.462 e. The number of ether oxygens (including phenoxy) is 3. The minimum absolute atomic E-state index is 0.0681. The molecule has 0 N–H and O–H groups in total. The van der Waals surface area contributed by atoms with Crippen LogP contribution >= 0.6 is 0 Å². The van der Waals surface area contributed by atoms with E-state index in [1.54, 1.807) is 0 Å². The maximum atomic E-state index is 12.8. The molecule has 6 nitrogen and oxygen atoms in total. The molecule has 0 heterocycles. The van der Waals surface area contributed by atoms with Crippen molar-refractivity contribution in [1.82, 2.24) is 0 Å². The first-order valence-electron chi connectivity index (χ1n) is 35.3. The molecule has 0 aromatic rings. The van der Waals surface area contributed by atoms with Crippen LogP contribution in [0, 0.1) is 0 Å². The lowest BCUT2D eigenvalue weighted by Crippen LogP contribution is -2.30. The molecule has 6 heteroatoms. The number of hydrogen-bond acceptors (Lipinski definition) is 6. The van der Waals surface area contributed by atoms with Crippen LogP contribution in [0.15, 0.2) is 24.3 Å². The summed E-state index contributed by atoms with van der Waals surface area (Å²) in [6, 6.07) is 0. The van der Waals surface area contributed by atoms with E-state index in [4.69, 9.17) is 14.2 Å². The Hall–Kier alpha value is -2.11. The highest BCUT2D eigenvalue weighted by molar-refractivity contribution is 5.71. The van der Waals surface area contributed by atoms with Gasteiger partial charge in [0.05, 0.1) is 0 Å². The van der Waals surface area contributed by atoms with Crippen LogP contribution in [0.5, 0.6) is 0 Å². The summed E-state index contributed by atoms with van der Waals surface area (Å²) in [6.07, 6.45) is 82.7. The second kappa shape index (κ2) is 67.4. The van der Waals surface area contributed by atoms with Crippen molar-refractivity contribution < 1.29 is 28.6 Å². The van der Waals surface area contributed by atoms with Gasteiger partial charge in [0.1, 0.15) is 13.2 Å². The fraction of sp³-hybridized carbons (Fsp3) is 0.903. The first-order chi connectivity index (χ1) is 38.5. The number of esters is 3. The van der Waals surface area contributed by atoms with Crippen LogP contribution in [0.25, 0.3) is 0 Å². The summed E-state index contributed by atoms with van der Waals surface area (Å²) in [7, 11) is 0. The molecule has 0 aromatic carbocycles. The number of hydrogen-bond donors (Lipinski definition) is 0. The molecule has 0 aliphatic heterocycles. The number of carbonyl (C=O) groups is 3. The molecule has 460 valence electrons. The van der Waals surface area contributed by atoms with Crippen molar-refractivity contribution in [2.75, 3.05) is 13.2 Å². The summed E-state index contributed by atoms with van der Waals surface area (Å²) in [6.45, 7) is 6.62. The zero-order chi connectivity index (χ0) is 56.4. The Balaban J connectivity index is 3.88. The van der Waals surface area contributed by atoms with E-state index in [0.29, 0.717) is 19.3 Å². The lowest BCUT2D eigenvalue weighted by molar-refractivity contribution is -0.167. The first kappa shape index (κ1) is 75.9. The molecule has 0 rings (SSSR count). The van der Waals surface area contributed by atoms with Crippen molar-refractivity contribution in [3.63, 3.8) is 0 Å². The van der Waals surface area contributed by atoms with Crippen LogP contribution in [0.3, 0.4) is 0 Å². The third kappa shape index (κ3) is 64.7. The third-order valence-corrected chi connectivity index (χ3v) is 16.2. The first-order valence-corrected chi connectivity index (χ1v) is 35.3.